The molecule has 1 amide bonds. The molecule has 1 aromatic heterocycles. The van der Waals surface area contributed by atoms with Gasteiger partial charge in [-0.2, -0.15) is 0 Å². The van der Waals surface area contributed by atoms with Crippen molar-refractivity contribution < 1.29 is 4.79 Å². The van der Waals surface area contributed by atoms with Crippen molar-refractivity contribution in [2.24, 2.45) is 0 Å². The van der Waals surface area contributed by atoms with Crippen molar-refractivity contribution in [3.63, 3.8) is 0 Å². The first-order valence-electron chi connectivity index (χ1n) is 7.57. The number of halogens is 1. The number of rotatable bonds is 1. The molecule has 2 aliphatic heterocycles. The summed E-state index contributed by atoms with van der Waals surface area (Å²) in [5.41, 5.74) is 2.50. The van der Waals surface area contributed by atoms with Gasteiger partial charge in [-0.05, 0) is 43.0 Å². The van der Waals surface area contributed by atoms with Crippen LogP contribution in [0.25, 0.3) is 10.4 Å². The van der Waals surface area contributed by atoms with Crippen molar-refractivity contribution in [2.45, 2.75) is 29.9 Å². The second-order valence-electron chi connectivity index (χ2n) is 5.75. The maximum atomic E-state index is 12.7. The van der Waals surface area contributed by atoms with Crippen LogP contribution in [0.2, 0.25) is 5.02 Å². The van der Waals surface area contributed by atoms with E-state index in [-0.39, 0.29) is 5.91 Å². The van der Waals surface area contributed by atoms with E-state index in [1.54, 1.807) is 23.1 Å². The second-order valence-corrected chi connectivity index (χ2v) is 8.25. The van der Waals surface area contributed by atoms with E-state index in [1.807, 2.05) is 17.0 Å². The van der Waals surface area contributed by atoms with E-state index in [9.17, 15) is 4.79 Å². The maximum Gasteiger partial charge on any atom is 0.263 e. The summed E-state index contributed by atoms with van der Waals surface area (Å²) >= 11 is 9.53. The lowest BCUT2D eigenvalue weighted by atomic mass is 10.1. The number of carbonyl (C=O) groups is 1. The molecule has 1 saturated heterocycles. The Hall–Kier alpha value is -0.970. The Kier molecular flexibility index (Phi) is 3.93. The first kappa shape index (κ1) is 14.6. The number of carbonyl (C=O) groups excluding carboxylic acids is 1. The smallest absolute Gasteiger partial charge is 0.263 e. The summed E-state index contributed by atoms with van der Waals surface area (Å²) in [5.74, 6) is 1.13. The van der Waals surface area contributed by atoms with Crippen LogP contribution in [0, 0.1) is 0 Å². The molecule has 114 valence electrons. The Morgan fingerprint density at radius 1 is 1.14 bits per heavy atom. The molecule has 2 aromatic rings. The predicted molar refractivity (Wildman–Crippen MR) is 94.1 cm³/mol. The Balaban J connectivity index is 1.68. The lowest BCUT2D eigenvalue weighted by Crippen LogP contribution is -2.35. The molecule has 1 aromatic carbocycles. The number of fused-ring (bicyclic) bond motifs is 3. The normalized spacial score (nSPS) is 17.0. The molecule has 0 aliphatic carbocycles. The summed E-state index contributed by atoms with van der Waals surface area (Å²) in [6, 6.07) is 8.13. The summed E-state index contributed by atoms with van der Waals surface area (Å²) in [5, 5.41) is 0.774. The average molecular weight is 350 g/mol. The fourth-order valence-corrected chi connectivity index (χ4v) is 5.74. The number of thioether (sulfide) groups is 1. The van der Waals surface area contributed by atoms with Gasteiger partial charge in [0.15, 0.2) is 0 Å². The highest BCUT2D eigenvalue weighted by atomic mass is 35.5. The third-order valence-corrected chi connectivity index (χ3v) is 6.77. The zero-order valence-electron chi connectivity index (χ0n) is 12.1. The highest BCUT2D eigenvalue weighted by Gasteiger charge is 2.25. The van der Waals surface area contributed by atoms with Gasteiger partial charge in [-0.3, -0.25) is 4.79 Å². The predicted octanol–water partition coefficient (Wildman–Crippen LogP) is 5.30. The van der Waals surface area contributed by atoms with Crippen LogP contribution in [-0.4, -0.2) is 23.9 Å². The standard InChI is InChI=1S/C17H16ClNOS2/c18-12-4-5-13-14(9-12)21-10-11-8-15(22-16(11)13)17(20)19-6-2-1-3-7-19/h4-5,8-9H,1-3,6-7,10H2. The molecule has 0 radical (unpaired) electrons. The minimum atomic E-state index is 0.208. The fraction of sp³-hybridized carbons (Fsp3) is 0.353. The molecule has 0 bridgehead atoms. The van der Waals surface area contributed by atoms with Gasteiger partial charge in [0.05, 0.1) is 4.88 Å². The molecule has 22 heavy (non-hydrogen) atoms. The highest BCUT2D eigenvalue weighted by molar-refractivity contribution is 7.98. The van der Waals surface area contributed by atoms with Crippen LogP contribution in [-0.2, 0) is 5.75 Å². The third-order valence-electron chi connectivity index (χ3n) is 4.23. The lowest BCUT2D eigenvalue weighted by molar-refractivity contribution is 0.0729. The van der Waals surface area contributed by atoms with E-state index in [1.165, 1.54) is 27.3 Å². The van der Waals surface area contributed by atoms with E-state index in [4.69, 9.17) is 11.6 Å². The lowest BCUT2D eigenvalue weighted by Gasteiger charge is -2.26. The van der Waals surface area contributed by atoms with Gasteiger partial charge in [0.1, 0.15) is 0 Å². The number of hydrogen-bond donors (Lipinski definition) is 0. The van der Waals surface area contributed by atoms with E-state index in [0.29, 0.717) is 0 Å². The fourth-order valence-electron chi connectivity index (χ4n) is 3.08. The van der Waals surface area contributed by atoms with E-state index in [0.717, 1.165) is 41.6 Å². The Bertz CT molecular complexity index is 734. The minimum absolute atomic E-state index is 0.208. The van der Waals surface area contributed by atoms with Crippen LogP contribution in [0.15, 0.2) is 29.2 Å². The van der Waals surface area contributed by atoms with Gasteiger partial charge in [0, 0.05) is 39.2 Å². The summed E-state index contributed by atoms with van der Waals surface area (Å²) < 4.78 is 0. The number of likely N-dealkylation sites (tertiary alicyclic amines) is 1. The average Bonchev–Trinajstić information content (AvgIpc) is 2.99. The van der Waals surface area contributed by atoms with Crippen molar-refractivity contribution in [3.05, 3.63) is 39.7 Å². The monoisotopic (exact) mass is 349 g/mol. The minimum Gasteiger partial charge on any atom is -0.338 e. The Morgan fingerprint density at radius 3 is 2.77 bits per heavy atom. The molecule has 2 aliphatic rings. The number of nitrogens with zero attached hydrogens (tertiary/aromatic N) is 1. The van der Waals surface area contributed by atoms with E-state index < -0.39 is 0 Å². The van der Waals surface area contributed by atoms with Gasteiger partial charge < -0.3 is 4.90 Å². The van der Waals surface area contributed by atoms with E-state index in [2.05, 4.69) is 12.1 Å². The SMILES string of the molecule is O=C(c1cc2c(s1)-c1ccc(Cl)cc1SC2)N1CCCCC1. The molecular weight excluding hydrogens is 334 g/mol. The second kappa shape index (κ2) is 5.91. The third kappa shape index (κ3) is 2.57. The number of amides is 1. The maximum absolute atomic E-state index is 12.7. The molecule has 1 fully saturated rings. The Labute approximate surface area is 143 Å². The summed E-state index contributed by atoms with van der Waals surface area (Å²) in [6.07, 6.45) is 3.51. The molecule has 5 heteroatoms. The van der Waals surface area contributed by atoms with Gasteiger partial charge in [-0.15, -0.1) is 23.1 Å². The number of hydrogen-bond acceptors (Lipinski definition) is 3. The van der Waals surface area contributed by atoms with Gasteiger partial charge >= 0.3 is 0 Å². The molecule has 0 saturated carbocycles. The molecule has 0 spiro atoms. The zero-order valence-corrected chi connectivity index (χ0v) is 14.5. The van der Waals surface area contributed by atoms with Crippen molar-refractivity contribution in [2.75, 3.05) is 13.1 Å². The number of benzene rings is 1. The van der Waals surface area contributed by atoms with Crippen LogP contribution >= 0.6 is 34.7 Å². The summed E-state index contributed by atoms with van der Waals surface area (Å²) in [4.78, 5) is 18.0. The largest absolute Gasteiger partial charge is 0.338 e. The highest BCUT2D eigenvalue weighted by Crippen LogP contribution is 2.46. The van der Waals surface area contributed by atoms with Crippen LogP contribution < -0.4 is 0 Å². The molecular formula is C17H16ClNOS2. The molecule has 4 rings (SSSR count). The first-order chi connectivity index (χ1) is 10.7. The van der Waals surface area contributed by atoms with Gasteiger partial charge in [0.2, 0.25) is 0 Å². The Morgan fingerprint density at radius 2 is 1.95 bits per heavy atom. The zero-order chi connectivity index (χ0) is 15.1. The summed E-state index contributed by atoms with van der Waals surface area (Å²) in [6.45, 7) is 1.81. The molecule has 0 N–H and O–H groups in total. The van der Waals surface area contributed by atoms with Gasteiger partial charge in [-0.25, -0.2) is 0 Å². The molecule has 0 atom stereocenters. The topological polar surface area (TPSA) is 20.3 Å². The van der Waals surface area contributed by atoms with Crippen LogP contribution in [0.1, 0.15) is 34.5 Å². The van der Waals surface area contributed by atoms with Crippen LogP contribution in [0.4, 0.5) is 0 Å². The molecule has 0 unspecified atom stereocenters. The van der Waals surface area contributed by atoms with Crippen molar-refractivity contribution in [1.82, 2.24) is 4.90 Å². The number of thiophene rings is 1. The van der Waals surface area contributed by atoms with Crippen molar-refractivity contribution in [1.29, 1.82) is 0 Å². The van der Waals surface area contributed by atoms with Gasteiger partial charge in [-0.1, -0.05) is 17.7 Å². The van der Waals surface area contributed by atoms with E-state index >= 15 is 0 Å². The van der Waals surface area contributed by atoms with Crippen LogP contribution in [0.3, 0.4) is 0 Å². The number of piperidine rings is 1. The molecule has 3 heterocycles. The van der Waals surface area contributed by atoms with Crippen LogP contribution in [0.5, 0.6) is 0 Å². The quantitative estimate of drug-likeness (QED) is 0.696. The van der Waals surface area contributed by atoms with Gasteiger partial charge in [0.25, 0.3) is 5.91 Å². The van der Waals surface area contributed by atoms with Crippen molar-refractivity contribution >= 4 is 40.6 Å². The summed E-state index contributed by atoms with van der Waals surface area (Å²) in [7, 11) is 0. The van der Waals surface area contributed by atoms with Crippen molar-refractivity contribution in [3.8, 4) is 10.4 Å². The first-order valence-corrected chi connectivity index (χ1v) is 9.75. The molecule has 2 nitrogen and oxygen atoms in total.